The molecule has 1 N–H and O–H groups in total. The number of hydrogen-bond acceptors (Lipinski definition) is 2. The molecule has 4 aliphatic rings. The summed E-state index contributed by atoms with van der Waals surface area (Å²) in [5, 5.41) is 9.14. The van der Waals surface area contributed by atoms with Crippen molar-refractivity contribution in [3.63, 3.8) is 0 Å². The van der Waals surface area contributed by atoms with Crippen LogP contribution in [-0.2, 0) is 4.74 Å². The van der Waals surface area contributed by atoms with Crippen molar-refractivity contribution < 1.29 is 9.84 Å². The highest BCUT2D eigenvalue weighted by atomic mass is 16.5. The van der Waals surface area contributed by atoms with Gasteiger partial charge in [0, 0.05) is 0 Å². The van der Waals surface area contributed by atoms with E-state index in [0.717, 1.165) is 41.9 Å². The summed E-state index contributed by atoms with van der Waals surface area (Å²) in [4.78, 5) is 0. The number of allylic oxidation sites excluding steroid dienone is 1. The lowest BCUT2D eigenvalue weighted by Crippen LogP contribution is -2.51. The average molecular weight is 431 g/mol. The molecule has 0 aliphatic heterocycles. The minimum Gasteiger partial charge on any atom is -0.394 e. The Bertz CT molecular complexity index is 639. The second-order valence-electron chi connectivity index (χ2n) is 12.7. The highest BCUT2D eigenvalue weighted by Gasteiger charge is 2.59. The molecular formula is C29H50O2. The van der Waals surface area contributed by atoms with Gasteiger partial charge in [-0.2, -0.15) is 0 Å². The standard InChI is InChI=1S/C29H50O2/c1-20(2)7-6-8-21(3)25-11-12-26-24-10-9-22-19-23(31-18-17-30)13-15-28(22,4)27(24)14-16-29(25,26)5/h9,20-21,23-27,30H,6-8,10-19H2,1-5H3/t21-,23+,24-,25+,26+,27-,28+,29-/m1/s1. The van der Waals surface area contributed by atoms with Crippen LogP contribution in [-0.4, -0.2) is 24.4 Å². The maximum Gasteiger partial charge on any atom is 0.0701 e. The summed E-state index contributed by atoms with van der Waals surface area (Å²) in [5.74, 6) is 5.44. The lowest BCUT2D eigenvalue weighted by Gasteiger charge is -2.58. The van der Waals surface area contributed by atoms with Crippen molar-refractivity contribution in [1.29, 1.82) is 0 Å². The van der Waals surface area contributed by atoms with Crippen LogP contribution in [0, 0.1) is 46.3 Å². The maximum atomic E-state index is 9.14. The minimum atomic E-state index is 0.148. The minimum absolute atomic E-state index is 0.148. The van der Waals surface area contributed by atoms with Crippen LogP contribution in [0.2, 0.25) is 0 Å². The van der Waals surface area contributed by atoms with Crippen LogP contribution in [0.1, 0.15) is 105 Å². The monoisotopic (exact) mass is 430 g/mol. The molecule has 0 amide bonds. The second kappa shape index (κ2) is 9.49. The van der Waals surface area contributed by atoms with E-state index in [9.17, 15) is 0 Å². The van der Waals surface area contributed by atoms with Crippen LogP contribution >= 0.6 is 0 Å². The Kier molecular flexibility index (Phi) is 7.29. The van der Waals surface area contributed by atoms with Gasteiger partial charge >= 0.3 is 0 Å². The summed E-state index contributed by atoms with van der Waals surface area (Å²) >= 11 is 0. The number of fused-ring (bicyclic) bond motifs is 5. The van der Waals surface area contributed by atoms with E-state index in [0.29, 0.717) is 23.5 Å². The van der Waals surface area contributed by atoms with Gasteiger partial charge in [-0.1, -0.05) is 65.5 Å². The third-order valence-electron chi connectivity index (χ3n) is 10.7. The van der Waals surface area contributed by atoms with Gasteiger partial charge < -0.3 is 9.84 Å². The molecule has 0 spiro atoms. The van der Waals surface area contributed by atoms with E-state index in [1.807, 2.05) is 0 Å². The molecule has 3 saturated carbocycles. The van der Waals surface area contributed by atoms with Crippen molar-refractivity contribution in [3.8, 4) is 0 Å². The summed E-state index contributed by atoms with van der Waals surface area (Å²) in [7, 11) is 0. The number of aliphatic hydroxyl groups is 1. The molecule has 0 saturated heterocycles. The Morgan fingerprint density at radius 2 is 1.84 bits per heavy atom. The van der Waals surface area contributed by atoms with E-state index in [-0.39, 0.29) is 6.61 Å². The van der Waals surface area contributed by atoms with Crippen molar-refractivity contribution in [2.45, 2.75) is 111 Å². The molecule has 0 aromatic rings. The van der Waals surface area contributed by atoms with Gasteiger partial charge in [0.15, 0.2) is 0 Å². The first-order valence-corrected chi connectivity index (χ1v) is 13.7. The maximum absolute atomic E-state index is 9.14. The predicted octanol–water partition coefficient (Wildman–Crippen LogP) is 7.41. The summed E-state index contributed by atoms with van der Waals surface area (Å²) in [6, 6.07) is 0. The zero-order valence-electron chi connectivity index (χ0n) is 21.2. The summed E-state index contributed by atoms with van der Waals surface area (Å²) in [6.45, 7) is 13.3. The normalized spacial score (nSPS) is 43.2. The summed E-state index contributed by atoms with van der Waals surface area (Å²) in [6.07, 6.45) is 18.0. The van der Waals surface area contributed by atoms with Crippen LogP contribution in [0.3, 0.4) is 0 Å². The van der Waals surface area contributed by atoms with E-state index in [1.54, 1.807) is 5.57 Å². The Hall–Kier alpha value is -0.340. The van der Waals surface area contributed by atoms with Crippen molar-refractivity contribution in [2.24, 2.45) is 46.3 Å². The first-order chi connectivity index (χ1) is 14.8. The molecule has 4 rings (SSSR count). The Morgan fingerprint density at radius 1 is 1.03 bits per heavy atom. The van der Waals surface area contributed by atoms with Gasteiger partial charge in [0.1, 0.15) is 0 Å². The van der Waals surface area contributed by atoms with Crippen LogP contribution < -0.4 is 0 Å². The molecule has 3 fully saturated rings. The lowest BCUT2D eigenvalue weighted by molar-refractivity contribution is -0.0658. The Morgan fingerprint density at radius 3 is 2.58 bits per heavy atom. The fourth-order valence-corrected chi connectivity index (χ4v) is 9.01. The van der Waals surface area contributed by atoms with E-state index in [1.165, 1.54) is 64.2 Å². The van der Waals surface area contributed by atoms with Crippen molar-refractivity contribution in [1.82, 2.24) is 0 Å². The Balaban J connectivity index is 1.45. The summed E-state index contributed by atoms with van der Waals surface area (Å²) < 4.78 is 5.94. The molecule has 2 heteroatoms. The zero-order chi connectivity index (χ0) is 22.2. The number of ether oxygens (including phenoxy) is 1. The van der Waals surface area contributed by atoms with Gasteiger partial charge in [0.2, 0.25) is 0 Å². The van der Waals surface area contributed by atoms with E-state index >= 15 is 0 Å². The van der Waals surface area contributed by atoms with Crippen molar-refractivity contribution in [3.05, 3.63) is 11.6 Å². The van der Waals surface area contributed by atoms with E-state index < -0.39 is 0 Å². The topological polar surface area (TPSA) is 29.5 Å². The smallest absolute Gasteiger partial charge is 0.0701 e. The first kappa shape index (κ1) is 23.8. The molecule has 0 unspecified atom stereocenters. The molecule has 4 aliphatic carbocycles. The highest BCUT2D eigenvalue weighted by molar-refractivity contribution is 5.25. The molecule has 178 valence electrons. The molecule has 31 heavy (non-hydrogen) atoms. The van der Waals surface area contributed by atoms with E-state index in [4.69, 9.17) is 9.84 Å². The van der Waals surface area contributed by atoms with Gasteiger partial charge in [0.25, 0.3) is 0 Å². The van der Waals surface area contributed by atoms with Crippen LogP contribution in [0.4, 0.5) is 0 Å². The van der Waals surface area contributed by atoms with Crippen molar-refractivity contribution in [2.75, 3.05) is 13.2 Å². The number of rotatable bonds is 8. The fraction of sp³-hybridized carbons (Fsp3) is 0.931. The molecular weight excluding hydrogens is 380 g/mol. The number of aliphatic hydroxyl groups excluding tert-OH is 1. The van der Waals surface area contributed by atoms with Gasteiger partial charge in [-0.3, -0.25) is 0 Å². The molecule has 0 bridgehead atoms. The number of hydrogen-bond donors (Lipinski definition) is 1. The first-order valence-electron chi connectivity index (χ1n) is 13.7. The zero-order valence-corrected chi connectivity index (χ0v) is 21.2. The van der Waals surface area contributed by atoms with Gasteiger partial charge in [-0.15, -0.1) is 0 Å². The largest absolute Gasteiger partial charge is 0.394 e. The third-order valence-corrected chi connectivity index (χ3v) is 10.7. The molecule has 0 heterocycles. The van der Waals surface area contributed by atoms with Crippen molar-refractivity contribution >= 4 is 0 Å². The molecule has 2 nitrogen and oxygen atoms in total. The second-order valence-corrected chi connectivity index (χ2v) is 12.7. The molecule has 0 aromatic carbocycles. The van der Waals surface area contributed by atoms with Crippen LogP contribution in [0.25, 0.3) is 0 Å². The molecule has 8 atom stereocenters. The van der Waals surface area contributed by atoms with Gasteiger partial charge in [0.05, 0.1) is 19.3 Å². The van der Waals surface area contributed by atoms with Crippen LogP contribution in [0.5, 0.6) is 0 Å². The van der Waals surface area contributed by atoms with Crippen LogP contribution in [0.15, 0.2) is 11.6 Å². The highest BCUT2D eigenvalue weighted by Crippen LogP contribution is 2.67. The Labute approximate surface area is 192 Å². The summed E-state index contributed by atoms with van der Waals surface area (Å²) in [5.41, 5.74) is 2.69. The SMILES string of the molecule is CC(C)CCC[C@@H](C)[C@@H]1CC[C@H]2[C@H]3CC=C4C[C@@H](OCCO)CC[C@]4(C)[C@@H]3CC[C@@]21C. The molecule has 0 radical (unpaired) electrons. The quantitative estimate of drug-likeness (QED) is 0.406. The fourth-order valence-electron chi connectivity index (χ4n) is 9.01. The molecule has 0 aromatic heterocycles. The van der Waals surface area contributed by atoms with Gasteiger partial charge in [-0.05, 0) is 97.7 Å². The van der Waals surface area contributed by atoms with Gasteiger partial charge in [-0.25, -0.2) is 0 Å². The third kappa shape index (κ3) is 4.42. The lowest BCUT2D eigenvalue weighted by atomic mass is 9.47. The average Bonchev–Trinajstić information content (AvgIpc) is 3.09. The van der Waals surface area contributed by atoms with E-state index in [2.05, 4.69) is 40.7 Å². The predicted molar refractivity (Wildman–Crippen MR) is 130 cm³/mol.